The summed E-state index contributed by atoms with van der Waals surface area (Å²) in [5.74, 6) is 1.94. The lowest BCUT2D eigenvalue weighted by atomic mass is 10.1. The average Bonchev–Trinajstić information content (AvgIpc) is 2.90. The fourth-order valence-electron chi connectivity index (χ4n) is 4.90. The zero-order valence-corrected chi connectivity index (χ0v) is 24.5. The van der Waals surface area contributed by atoms with Crippen LogP contribution in [-0.2, 0) is 0 Å². The van der Waals surface area contributed by atoms with Gasteiger partial charge in [-0.05, 0) is 37.1 Å². The highest BCUT2D eigenvalue weighted by Crippen LogP contribution is 2.19. The Balaban J connectivity index is 1.85. The number of hydrogen-bond acceptors (Lipinski definition) is 2. The number of benzene rings is 1. The summed E-state index contributed by atoms with van der Waals surface area (Å²) >= 11 is 0. The first-order valence-corrected chi connectivity index (χ1v) is 16.2. The van der Waals surface area contributed by atoms with Gasteiger partial charge in [-0.15, -0.1) is 0 Å². The average molecular weight is 503 g/mol. The Morgan fingerprint density at radius 1 is 0.333 bits per heavy atom. The molecule has 0 aliphatic rings. The van der Waals surface area contributed by atoms with Gasteiger partial charge in [0, 0.05) is 0 Å². The minimum absolute atomic E-state index is 0.830. The predicted octanol–water partition coefficient (Wildman–Crippen LogP) is 11.8. The van der Waals surface area contributed by atoms with E-state index in [1.165, 1.54) is 141 Å². The van der Waals surface area contributed by atoms with Gasteiger partial charge in [0.05, 0.1) is 13.2 Å². The molecule has 0 spiro atoms. The Morgan fingerprint density at radius 2 is 0.556 bits per heavy atom. The van der Waals surface area contributed by atoms with Gasteiger partial charge in [0.25, 0.3) is 0 Å². The van der Waals surface area contributed by atoms with Gasteiger partial charge in [-0.3, -0.25) is 0 Å². The molecule has 1 rings (SSSR count). The van der Waals surface area contributed by atoms with E-state index in [0.717, 1.165) is 37.6 Å². The van der Waals surface area contributed by atoms with Crippen molar-refractivity contribution in [3.63, 3.8) is 0 Å². The molecule has 0 amide bonds. The first-order valence-electron chi connectivity index (χ1n) is 16.2. The van der Waals surface area contributed by atoms with Crippen molar-refractivity contribution in [1.29, 1.82) is 0 Å². The molecule has 0 saturated heterocycles. The van der Waals surface area contributed by atoms with Crippen LogP contribution in [-0.4, -0.2) is 13.2 Å². The molecular weight excluding hydrogens is 440 g/mol. The summed E-state index contributed by atoms with van der Waals surface area (Å²) < 4.78 is 11.8. The standard InChI is InChI=1S/C34H62O2/c1-3-5-7-9-11-13-15-17-19-21-23-25-31-35-33-27-29-34(30-28-33)36-32-26-24-22-20-18-16-14-12-10-8-6-4-2/h27-30H,3-26,31-32H2,1-2H3. The fraction of sp³-hybridized carbons (Fsp3) is 0.824. The summed E-state index contributed by atoms with van der Waals surface area (Å²) in [4.78, 5) is 0. The van der Waals surface area contributed by atoms with E-state index in [-0.39, 0.29) is 0 Å². The van der Waals surface area contributed by atoms with Crippen molar-refractivity contribution < 1.29 is 9.47 Å². The second-order valence-corrected chi connectivity index (χ2v) is 10.9. The van der Waals surface area contributed by atoms with Crippen LogP contribution in [0.1, 0.15) is 168 Å². The molecule has 2 nitrogen and oxygen atoms in total. The van der Waals surface area contributed by atoms with Gasteiger partial charge in [0.15, 0.2) is 0 Å². The molecule has 1 aromatic rings. The first kappa shape index (κ1) is 32.8. The van der Waals surface area contributed by atoms with E-state index in [9.17, 15) is 0 Å². The smallest absolute Gasteiger partial charge is 0.119 e. The summed E-state index contributed by atoms with van der Waals surface area (Å²) in [6.07, 6.45) is 33.1. The topological polar surface area (TPSA) is 18.5 Å². The van der Waals surface area contributed by atoms with E-state index >= 15 is 0 Å². The van der Waals surface area contributed by atoms with E-state index in [1.807, 2.05) is 0 Å². The van der Waals surface area contributed by atoms with E-state index in [2.05, 4.69) is 38.1 Å². The third-order valence-corrected chi connectivity index (χ3v) is 7.36. The van der Waals surface area contributed by atoms with Gasteiger partial charge in [0.1, 0.15) is 11.5 Å². The molecule has 0 aromatic heterocycles. The lowest BCUT2D eigenvalue weighted by molar-refractivity contribution is 0.296. The minimum Gasteiger partial charge on any atom is -0.494 e. The van der Waals surface area contributed by atoms with E-state index < -0.39 is 0 Å². The number of hydrogen-bond donors (Lipinski definition) is 0. The third-order valence-electron chi connectivity index (χ3n) is 7.36. The van der Waals surface area contributed by atoms with E-state index in [1.54, 1.807) is 0 Å². The van der Waals surface area contributed by atoms with Crippen LogP contribution in [0.15, 0.2) is 24.3 Å². The van der Waals surface area contributed by atoms with Gasteiger partial charge in [0.2, 0.25) is 0 Å². The Morgan fingerprint density at radius 3 is 0.806 bits per heavy atom. The van der Waals surface area contributed by atoms with E-state index in [0.29, 0.717) is 0 Å². The molecular formula is C34H62O2. The Bertz CT molecular complexity index is 490. The zero-order chi connectivity index (χ0) is 25.8. The van der Waals surface area contributed by atoms with Crippen molar-refractivity contribution in [2.45, 2.75) is 168 Å². The summed E-state index contributed by atoms with van der Waals surface area (Å²) in [5, 5.41) is 0. The molecule has 210 valence electrons. The largest absolute Gasteiger partial charge is 0.494 e. The maximum atomic E-state index is 5.92. The number of unbranched alkanes of at least 4 members (excludes halogenated alkanes) is 22. The Hall–Kier alpha value is -1.18. The maximum absolute atomic E-state index is 5.92. The monoisotopic (exact) mass is 502 g/mol. The predicted molar refractivity (Wildman–Crippen MR) is 160 cm³/mol. The maximum Gasteiger partial charge on any atom is 0.119 e. The van der Waals surface area contributed by atoms with Crippen LogP contribution in [0.3, 0.4) is 0 Å². The van der Waals surface area contributed by atoms with Gasteiger partial charge in [-0.25, -0.2) is 0 Å². The molecule has 2 heteroatoms. The normalized spacial score (nSPS) is 11.2. The molecule has 0 atom stereocenters. The molecule has 0 bridgehead atoms. The van der Waals surface area contributed by atoms with E-state index in [4.69, 9.17) is 9.47 Å². The van der Waals surface area contributed by atoms with Crippen molar-refractivity contribution in [2.24, 2.45) is 0 Å². The van der Waals surface area contributed by atoms with Crippen LogP contribution in [0.4, 0.5) is 0 Å². The molecule has 0 aliphatic carbocycles. The second kappa shape index (κ2) is 26.9. The highest BCUT2D eigenvalue weighted by atomic mass is 16.5. The lowest BCUT2D eigenvalue weighted by Gasteiger charge is -2.09. The third kappa shape index (κ3) is 22.1. The Kier molecular flexibility index (Phi) is 24.5. The fourth-order valence-corrected chi connectivity index (χ4v) is 4.90. The molecule has 0 radical (unpaired) electrons. The van der Waals surface area contributed by atoms with Crippen molar-refractivity contribution in [3.8, 4) is 11.5 Å². The lowest BCUT2D eigenvalue weighted by Crippen LogP contribution is -1.99. The van der Waals surface area contributed by atoms with Crippen molar-refractivity contribution in [3.05, 3.63) is 24.3 Å². The quantitative estimate of drug-likeness (QED) is 0.106. The summed E-state index contributed by atoms with van der Waals surface area (Å²) in [7, 11) is 0. The summed E-state index contributed by atoms with van der Waals surface area (Å²) in [6.45, 7) is 6.24. The molecule has 0 saturated carbocycles. The Labute approximate surface area is 226 Å². The first-order chi connectivity index (χ1) is 17.9. The molecule has 0 aliphatic heterocycles. The SMILES string of the molecule is CCCCCCCCCCCCCCOc1ccc(OCCCCCCCCCCCCCC)cc1. The minimum atomic E-state index is 0.830. The van der Waals surface area contributed by atoms with Crippen LogP contribution in [0.25, 0.3) is 0 Å². The zero-order valence-electron chi connectivity index (χ0n) is 24.5. The molecule has 0 fully saturated rings. The number of rotatable bonds is 28. The molecule has 0 N–H and O–H groups in total. The van der Waals surface area contributed by atoms with Gasteiger partial charge in [-0.2, -0.15) is 0 Å². The number of ether oxygens (including phenoxy) is 2. The summed E-state index contributed by atoms with van der Waals surface area (Å²) in [6, 6.07) is 8.21. The highest BCUT2D eigenvalue weighted by molar-refractivity contribution is 5.31. The van der Waals surface area contributed by atoms with Crippen molar-refractivity contribution >= 4 is 0 Å². The van der Waals surface area contributed by atoms with Crippen molar-refractivity contribution in [2.75, 3.05) is 13.2 Å². The van der Waals surface area contributed by atoms with Crippen LogP contribution < -0.4 is 9.47 Å². The molecule has 0 unspecified atom stereocenters. The molecule has 36 heavy (non-hydrogen) atoms. The highest BCUT2D eigenvalue weighted by Gasteiger charge is 1.99. The second-order valence-electron chi connectivity index (χ2n) is 10.9. The molecule has 1 aromatic carbocycles. The molecule has 0 heterocycles. The van der Waals surface area contributed by atoms with Gasteiger partial charge >= 0.3 is 0 Å². The van der Waals surface area contributed by atoms with Crippen LogP contribution >= 0.6 is 0 Å². The van der Waals surface area contributed by atoms with Crippen LogP contribution in [0.5, 0.6) is 11.5 Å². The van der Waals surface area contributed by atoms with Gasteiger partial charge < -0.3 is 9.47 Å². The van der Waals surface area contributed by atoms with Crippen LogP contribution in [0, 0.1) is 0 Å². The van der Waals surface area contributed by atoms with Crippen LogP contribution in [0.2, 0.25) is 0 Å². The summed E-state index contributed by atoms with van der Waals surface area (Å²) in [5.41, 5.74) is 0. The van der Waals surface area contributed by atoms with Gasteiger partial charge in [-0.1, -0.05) is 155 Å². The van der Waals surface area contributed by atoms with Crippen molar-refractivity contribution in [1.82, 2.24) is 0 Å².